The molecule has 0 aromatic heterocycles. The van der Waals surface area contributed by atoms with Crippen LogP contribution in [0.4, 0.5) is 0 Å². The van der Waals surface area contributed by atoms with Crippen molar-refractivity contribution in [1.29, 1.82) is 0 Å². The van der Waals surface area contributed by atoms with E-state index < -0.39 is 5.09 Å². The van der Waals surface area contributed by atoms with Gasteiger partial charge in [0.15, 0.2) is 0 Å². The maximum absolute atomic E-state index is 8.36. The van der Waals surface area contributed by atoms with Gasteiger partial charge in [0.1, 0.15) is 0 Å². The maximum atomic E-state index is 8.36. The summed E-state index contributed by atoms with van der Waals surface area (Å²) >= 11 is 0. The molecule has 92 valence electrons. The molecule has 0 aliphatic rings. The molecule has 0 aliphatic heterocycles. The summed E-state index contributed by atoms with van der Waals surface area (Å²) < 4.78 is 0. The van der Waals surface area contributed by atoms with Crippen molar-refractivity contribution in [2.24, 2.45) is 0 Å². The van der Waals surface area contributed by atoms with Crippen molar-refractivity contribution >= 4 is 0 Å². The average Bonchev–Trinajstić information content (AvgIpc) is 1.88. The molecule has 0 saturated carbocycles. The van der Waals surface area contributed by atoms with Crippen molar-refractivity contribution in [3.05, 3.63) is 10.1 Å². The van der Waals surface area contributed by atoms with Crippen LogP contribution in [0.2, 0.25) is 0 Å². The zero-order valence-corrected chi connectivity index (χ0v) is 8.88. The fourth-order valence-electron chi connectivity index (χ4n) is 0. The molecule has 0 amide bonds. The lowest BCUT2D eigenvalue weighted by Crippen LogP contribution is -1.81. The van der Waals surface area contributed by atoms with Crippen LogP contribution in [-0.4, -0.2) is 45.4 Å². The molecule has 0 bridgehead atoms. The first-order valence-electron chi connectivity index (χ1n) is 3.64. The smallest absolute Gasteiger partial charge is 0.291 e. The molecule has 0 saturated heterocycles. The van der Waals surface area contributed by atoms with Crippen molar-refractivity contribution in [2.75, 3.05) is 19.8 Å². The molecule has 0 spiro atoms. The van der Waals surface area contributed by atoms with Gasteiger partial charge in [-0.25, -0.2) is 0 Å². The predicted molar refractivity (Wildman–Crippen MR) is 52.1 cm³/mol. The van der Waals surface area contributed by atoms with Gasteiger partial charge in [-0.05, 0) is 20.8 Å². The summed E-state index contributed by atoms with van der Waals surface area (Å²) in [5, 5.41) is 36.3. The highest BCUT2D eigenvalue weighted by Gasteiger charge is 1.65. The van der Waals surface area contributed by atoms with Gasteiger partial charge in [0.25, 0.3) is 5.09 Å². The molecule has 0 atom stereocenters. The molecule has 0 aromatic carbocycles. The minimum Gasteiger partial charge on any atom is -0.397 e. The van der Waals surface area contributed by atoms with Crippen LogP contribution < -0.4 is 6.15 Å². The summed E-state index contributed by atoms with van der Waals surface area (Å²) in [6.45, 7) is 5.79. The summed E-state index contributed by atoms with van der Waals surface area (Å²) in [5.41, 5.74) is 0. The van der Waals surface area contributed by atoms with Gasteiger partial charge in [-0.2, -0.15) is 0 Å². The van der Waals surface area contributed by atoms with Crippen molar-refractivity contribution in [3.63, 3.8) is 0 Å². The van der Waals surface area contributed by atoms with Crippen LogP contribution in [0.1, 0.15) is 20.8 Å². The Hall–Kier alpha value is -0.960. The molecule has 0 heterocycles. The Kier molecular flexibility index (Phi) is 121. The highest BCUT2D eigenvalue weighted by atomic mass is 16.9. The molecular weight excluding hydrogens is 196 g/mol. The van der Waals surface area contributed by atoms with Crippen LogP contribution in [-0.2, 0) is 0 Å². The molecule has 8 nitrogen and oxygen atoms in total. The highest BCUT2D eigenvalue weighted by molar-refractivity contribution is 3.84. The van der Waals surface area contributed by atoms with E-state index in [2.05, 4.69) is 0 Å². The summed E-state index contributed by atoms with van der Waals surface area (Å²) in [6.07, 6.45) is 0. The van der Waals surface area contributed by atoms with Crippen LogP contribution >= 0.6 is 0 Å². The van der Waals surface area contributed by atoms with E-state index in [9.17, 15) is 0 Å². The maximum Gasteiger partial charge on any atom is 0.291 e. The topological polar surface area (TPSA) is 159 Å². The lowest BCUT2D eigenvalue weighted by molar-refractivity contribution is -0.742. The van der Waals surface area contributed by atoms with E-state index in [-0.39, 0.29) is 26.0 Å². The van der Waals surface area contributed by atoms with E-state index in [4.69, 9.17) is 30.6 Å². The third kappa shape index (κ3) is 1210. The number of nitrogens with zero attached hydrogens (tertiary/aromatic N) is 1. The fourth-order valence-corrected chi connectivity index (χ4v) is 0. The molecule has 0 unspecified atom stereocenters. The number of hydrogen-bond donors (Lipinski definition) is 5. The van der Waals surface area contributed by atoms with Crippen molar-refractivity contribution in [2.45, 2.75) is 20.8 Å². The molecule has 0 fully saturated rings. The van der Waals surface area contributed by atoms with Gasteiger partial charge in [-0.1, -0.05) is 0 Å². The van der Waals surface area contributed by atoms with Gasteiger partial charge < -0.3 is 26.7 Å². The van der Waals surface area contributed by atoms with Crippen molar-refractivity contribution in [3.8, 4) is 0 Å². The summed E-state index contributed by atoms with van der Waals surface area (Å²) in [7, 11) is 0. The summed E-state index contributed by atoms with van der Waals surface area (Å²) in [5.74, 6) is 0. The second-order valence-electron chi connectivity index (χ2n) is 1.19. The first-order chi connectivity index (χ1) is 5.97. The van der Waals surface area contributed by atoms with Gasteiger partial charge in [-0.3, -0.25) is 0 Å². The van der Waals surface area contributed by atoms with Crippen LogP contribution in [0.15, 0.2) is 0 Å². The van der Waals surface area contributed by atoms with Crippen LogP contribution in [0.3, 0.4) is 0 Å². The monoisotopic (exact) mass is 218 g/mol. The fraction of sp³-hybridized carbons (Fsp3) is 1.00. The predicted octanol–water partition coefficient (Wildman–Crippen LogP) is -0.190. The zero-order chi connectivity index (χ0) is 11.7. The van der Waals surface area contributed by atoms with Crippen LogP contribution in [0, 0.1) is 10.1 Å². The van der Waals surface area contributed by atoms with Gasteiger partial charge in [0.05, 0.1) is 0 Å². The van der Waals surface area contributed by atoms with Gasteiger partial charge >= 0.3 is 0 Å². The molecule has 0 radical (unpaired) electrons. The van der Waals surface area contributed by atoms with E-state index in [1.54, 1.807) is 20.8 Å². The first-order valence-corrected chi connectivity index (χ1v) is 3.64. The van der Waals surface area contributed by atoms with Gasteiger partial charge in [-0.15, -0.1) is 10.1 Å². The third-order valence-corrected chi connectivity index (χ3v) is 0. The average molecular weight is 218 g/mol. The van der Waals surface area contributed by atoms with Crippen LogP contribution in [0.5, 0.6) is 0 Å². The Balaban J connectivity index is -0.0000000254. The quantitative estimate of drug-likeness (QED) is 0.278. The Bertz CT molecular complexity index is 64.6. The van der Waals surface area contributed by atoms with Gasteiger partial charge in [0.2, 0.25) is 0 Å². The second-order valence-corrected chi connectivity index (χ2v) is 1.19. The molecule has 8 heteroatoms. The second kappa shape index (κ2) is 57.8. The lowest BCUT2D eigenvalue weighted by atomic mass is 10.9. The zero-order valence-electron chi connectivity index (χ0n) is 8.88. The number of hydrogen-bond acceptors (Lipinski definition) is 6. The molecule has 14 heavy (non-hydrogen) atoms. The summed E-state index contributed by atoms with van der Waals surface area (Å²) in [6, 6.07) is 0. The van der Waals surface area contributed by atoms with E-state index in [0.717, 1.165) is 0 Å². The van der Waals surface area contributed by atoms with E-state index >= 15 is 0 Å². The Morgan fingerprint density at radius 3 is 1.00 bits per heavy atom. The Morgan fingerprint density at radius 2 is 1.00 bits per heavy atom. The highest BCUT2D eigenvalue weighted by Crippen LogP contribution is 1.38. The lowest BCUT2D eigenvalue weighted by Gasteiger charge is -1.56. The Labute approximate surface area is 83.5 Å². The van der Waals surface area contributed by atoms with E-state index in [1.165, 1.54) is 0 Å². The molecule has 0 aliphatic carbocycles. The molecule has 0 rings (SSSR count). The minimum atomic E-state index is -1.50. The molecular formula is C6H22N2O6. The summed E-state index contributed by atoms with van der Waals surface area (Å²) in [4.78, 5) is 8.36. The van der Waals surface area contributed by atoms with E-state index in [1.807, 2.05) is 0 Å². The Morgan fingerprint density at radius 1 is 1.00 bits per heavy atom. The molecule has 0 aromatic rings. The van der Waals surface area contributed by atoms with Crippen LogP contribution in [0.25, 0.3) is 0 Å². The minimum absolute atomic E-state index is 0. The molecule has 7 N–H and O–H groups in total. The standard InChI is InChI=1S/3C2H6O.HNO3.H3N/c3*1-2-3;2-1(3)4;/h3*3H,2H2,1H3;(H,2,3,4);1H3. The van der Waals surface area contributed by atoms with Crippen molar-refractivity contribution in [1.82, 2.24) is 6.15 Å². The van der Waals surface area contributed by atoms with E-state index in [0.29, 0.717) is 0 Å². The largest absolute Gasteiger partial charge is 0.397 e. The number of aliphatic hydroxyl groups is 3. The van der Waals surface area contributed by atoms with Crippen molar-refractivity contribution < 1.29 is 25.6 Å². The van der Waals surface area contributed by atoms with Gasteiger partial charge in [0, 0.05) is 19.8 Å². The number of aliphatic hydroxyl groups excluding tert-OH is 3. The third-order valence-electron chi connectivity index (χ3n) is 0. The number of rotatable bonds is 0. The first kappa shape index (κ1) is 29.2. The SMILES string of the molecule is CCO.CCO.CCO.N.O=[N+]([O-])O. The normalized spacial score (nSPS) is 5.57.